The molecule has 4 rings (SSSR count). The number of carbonyl (C=O) groups excluding carboxylic acids is 3. The first-order chi connectivity index (χ1) is 19.4. The van der Waals surface area contributed by atoms with E-state index in [1.807, 2.05) is 41.5 Å². The van der Waals surface area contributed by atoms with E-state index in [0.29, 0.717) is 6.42 Å². The maximum absolute atomic E-state index is 13.5. The summed E-state index contributed by atoms with van der Waals surface area (Å²) in [5, 5.41) is 0. The molecule has 0 N–H and O–H groups in total. The largest absolute Gasteiger partial charge is 0.454 e. The Balaban J connectivity index is 1.37. The molecule has 1 saturated carbocycles. The molecule has 1 spiro atoms. The summed E-state index contributed by atoms with van der Waals surface area (Å²) in [6.45, 7) is 13.5. The van der Waals surface area contributed by atoms with Gasteiger partial charge in [0.15, 0.2) is 24.3 Å². The number of rotatable bonds is 5. The molecular weight excluding hydrogens is 594 g/mol. The maximum atomic E-state index is 13.5. The predicted molar refractivity (Wildman–Crippen MR) is 133 cm³/mol. The first kappa shape index (κ1) is 33.8. The second-order valence-corrected chi connectivity index (χ2v) is 14.3. The minimum Gasteiger partial charge on any atom is -0.454 e. The molecule has 0 aromatic carbocycles. The monoisotopic (exact) mass is 632 g/mol. The summed E-state index contributed by atoms with van der Waals surface area (Å²) in [4.78, 5) is 38.5. The van der Waals surface area contributed by atoms with E-state index in [1.165, 1.54) is 0 Å². The van der Waals surface area contributed by atoms with E-state index < -0.39 is 89.6 Å². The van der Waals surface area contributed by atoms with Gasteiger partial charge in [-0.05, 0) is 37.0 Å². The third-order valence-corrected chi connectivity index (χ3v) is 8.80. The smallest absolute Gasteiger partial charge is 0.434 e. The molecule has 246 valence electrons. The quantitative estimate of drug-likeness (QED) is 0.225. The number of esters is 3. The van der Waals surface area contributed by atoms with E-state index in [9.17, 15) is 40.7 Å². The van der Waals surface area contributed by atoms with Gasteiger partial charge in [-0.25, -0.2) is 4.79 Å². The maximum Gasteiger partial charge on any atom is 0.434 e. The van der Waals surface area contributed by atoms with Crippen LogP contribution < -0.4 is 0 Å². The lowest BCUT2D eigenvalue weighted by Gasteiger charge is -2.43. The van der Waals surface area contributed by atoms with E-state index in [0.717, 1.165) is 0 Å². The van der Waals surface area contributed by atoms with Gasteiger partial charge in [-0.1, -0.05) is 41.5 Å². The number of ether oxygens (including phenoxy) is 6. The first-order valence-corrected chi connectivity index (χ1v) is 14.1. The summed E-state index contributed by atoms with van der Waals surface area (Å²) in [5.74, 6) is -5.61. The zero-order valence-corrected chi connectivity index (χ0v) is 25.0. The molecule has 9 nitrogen and oxygen atoms in total. The molecule has 3 aliphatic heterocycles. The van der Waals surface area contributed by atoms with E-state index in [1.54, 1.807) is 6.92 Å². The highest BCUT2D eigenvalue weighted by Crippen LogP contribution is 2.51. The summed E-state index contributed by atoms with van der Waals surface area (Å²) >= 11 is 0. The van der Waals surface area contributed by atoms with Crippen LogP contribution in [0.5, 0.6) is 0 Å². The van der Waals surface area contributed by atoms with Crippen LogP contribution in [0.15, 0.2) is 0 Å². The van der Waals surface area contributed by atoms with Gasteiger partial charge in [0.2, 0.25) is 6.10 Å². The van der Waals surface area contributed by atoms with Crippen molar-refractivity contribution >= 4 is 17.9 Å². The van der Waals surface area contributed by atoms with E-state index >= 15 is 0 Å². The Labute approximate surface area is 245 Å². The highest BCUT2D eigenvalue weighted by molar-refractivity contribution is 5.84. The Morgan fingerprint density at radius 2 is 1.44 bits per heavy atom. The van der Waals surface area contributed by atoms with Crippen LogP contribution in [0.4, 0.5) is 26.3 Å². The van der Waals surface area contributed by atoms with Crippen molar-refractivity contribution in [3.05, 3.63) is 0 Å². The van der Waals surface area contributed by atoms with Crippen LogP contribution in [0.1, 0.15) is 80.6 Å². The summed E-state index contributed by atoms with van der Waals surface area (Å²) in [5.41, 5.74) is -1.71. The Bertz CT molecular complexity index is 1090. The van der Waals surface area contributed by atoms with E-state index in [4.69, 9.17) is 23.7 Å². The molecule has 0 radical (unpaired) electrons. The molecule has 0 aromatic heterocycles. The Hall–Kier alpha value is -2.13. The van der Waals surface area contributed by atoms with E-state index in [2.05, 4.69) is 4.74 Å². The standard InChI is InChI=1S/C28H38F6O9/c1-23(2,3)12-25(7,24(4,5)6)22(37)40-16-14-15(38-19(16)36)17-20(39-14)43-26(42-17)10-8-13(9-11-26)18(35)41-21(27(29,30)31)28(32,33)34/h13-17,20-21H,8-12H2,1-7H3. The van der Waals surface area contributed by atoms with Crippen molar-refractivity contribution in [1.82, 2.24) is 0 Å². The molecule has 43 heavy (non-hydrogen) atoms. The third kappa shape index (κ3) is 6.63. The third-order valence-electron chi connectivity index (χ3n) is 8.80. The summed E-state index contributed by atoms with van der Waals surface area (Å²) in [7, 11) is 0. The van der Waals surface area contributed by atoms with Gasteiger partial charge >= 0.3 is 30.3 Å². The van der Waals surface area contributed by atoms with Gasteiger partial charge in [0.1, 0.15) is 6.10 Å². The van der Waals surface area contributed by atoms with Crippen LogP contribution in [0.2, 0.25) is 0 Å². The van der Waals surface area contributed by atoms with Crippen molar-refractivity contribution in [3.8, 4) is 0 Å². The van der Waals surface area contributed by atoms with Crippen molar-refractivity contribution in [2.75, 3.05) is 0 Å². The van der Waals surface area contributed by atoms with Gasteiger partial charge in [-0.15, -0.1) is 0 Å². The molecular formula is C28H38F6O9. The highest BCUT2D eigenvalue weighted by atomic mass is 19.4. The molecule has 6 atom stereocenters. The van der Waals surface area contributed by atoms with Crippen LogP contribution in [0, 0.1) is 22.2 Å². The van der Waals surface area contributed by atoms with Gasteiger partial charge in [0.05, 0.1) is 11.3 Å². The topological polar surface area (TPSA) is 107 Å². The Morgan fingerprint density at radius 3 is 1.93 bits per heavy atom. The lowest BCUT2D eigenvalue weighted by atomic mass is 9.61. The number of hydrogen-bond acceptors (Lipinski definition) is 9. The van der Waals surface area contributed by atoms with Gasteiger partial charge in [0, 0.05) is 12.8 Å². The van der Waals surface area contributed by atoms with Gasteiger partial charge < -0.3 is 28.4 Å². The zero-order valence-electron chi connectivity index (χ0n) is 25.0. The molecule has 3 heterocycles. The molecule has 1 aliphatic carbocycles. The number of carbonyl (C=O) groups is 3. The number of halogens is 6. The normalized spacial score (nSPS) is 34.5. The predicted octanol–water partition coefficient (Wildman–Crippen LogP) is 5.38. The van der Waals surface area contributed by atoms with Crippen molar-refractivity contribution in [1.29, 1.82) is 0 Å². The van der Waals surface area contributed by atoms with Crippen LogP contribution in [-0.4, -0.2) is 72.9 Å². The number of hydrogen-bond donors (Lipinski definition) is 0. The fourth-order valence-electron chi connectivity index (χ4n) is 6.19. The van der Waals surface area contributed by atoms with Crippen molar-refractivity contribution < 1.29 is 69.1 Å². The minimum absolute atomic E-state index is 0.0632. The van der Waals surface area contributed by atoms with Gasteiger partial charge in [-0.2, -0.15) is 26.3 Å². The van der Waals surface area contributed by atoms with Crippen LogP contribution in [-0.2, 0) is 42.8 Å². The minimum atomic E-state index is -5.81. The lowest BCUT2D eigenvalue weighted by Crippen LogP contribution is -2.48. The molecule has 3 saturated heterocycles. The number of alkyl halides is 6. The summed E-state index contributed by atoms with van der Waals surface area (Å²) < 4.78 is 110. The Kier molecular flexibility index (Phi) is 8.44. The molecule has 4 aliphatic rings. The molecule has 4 fully saturated rings. The summed E-state index contributed by atoms with van der Waals surface area (Å²) in [6, 6.07) is 0. The van der Waals surface area contributed by atoms with Crippen LogP contribution in [0.3, 0.4) is 0 Å². The highest BCUT2D eigenvalue weighted by Gasteiger charge is 2.67. The van der Waals surface area contributed by atoms with Crippen LogP contribution in [0.25, 0.3) is 0 Å². The van der Waals surface area contributed by atoms with Crippen LogP contribution >= 0.6 is 0 Å². The van der Waals surface area contributed by atoms with Crippen molar-refractivity contribution in [2.45, 2.75) is 136 Å². The molecule has 15 heteroatoms. The molecule has 6 unspecified atom stereocenters. The lowest BCUT2D eigenvalue weighted by molar-refractivity contribution is -0.315. The number of fused-ring (bicyclic) bond motifs is 3. The molecule has 0 bridgehead atoms. The van der Waals surface area contributed by atoms with Gasteiger partial charge in [-0.3, -0.25) is 9.59 Å². The fourth-order valence-corrected chi connectivity index (χ4v) is 6.19. The average Bonchev–Trinajstić information content (AvgIpc) is 3.42. The first-order valence-electron chi connectivity index (χ1n) is 14.1. The van der Waals surface area contributed by atoms with Crippen molar-refractivity contribution in [3.63, 3.8) is 0 Å². The van der Waals surface area contributed by atoms with Gasteiger partial charge in [0.25, 0.3) is 6.10 Å². The van der Waals surface area contributed by atoms with E-state index in [-0.39, 0.29) is 31.1 Å². The average molecular weight is 633 g/mol. The zero-order chi connectivity index (χ0) is 32.6. The Morgan fingerprint density at radius 1 is 0.884 bits per heavy atom. The summed E-state index contributed by atoms with van der Waals surface area (Å²) in [6.07, 6.45) is -21.2. The molecule has 0 amide bonds. The van der Waals surface area contributed by atoms with Crippen molar-refractivity contribution in [2.24, 2.45) is 22.2 Å². The second-order valence-electron chi connectivity index (χ2n) is 14.3. The fraction of sp³-hybridized carbons (Fsp3) is 0.893. The second kappa shape index (κ2) is 10.7. The molecule has 0 aromatic rings. The SMILES string of the molecule is CC(C)(C)CC(C)(C(=O)OC1C(=O)OC2C3OC4(CCC(C(=O)OC(C(F)(F)F)C(F)(F)F)CC4)OC3OC12)C(C)(C)C.